The molecule has 0 bridgehead atoms. The summed E-state index contributed by atoms with van der Waals surface area (Å²) in [6, 6.07) is 18.7. The Labute approximate surface area is 121 Å². The van der Waals surface area contributed by atoms with E-state index in [1.54, 1.807) is 0 Å². The molecule has 2 N–H and O–H groups in total. The SMILES string of the molecule is CCN(Cc1ccccc1C#CCN)c1ccccc1. The van der Waals surface area contributed by atoms with Gasteiger partial charge in [-0.25, -0.2) is 0 Å². The normalized spacial score (nSPS) is 9.70. The molecule has 0 spiro atoms. The molecule has 2 aromatic carbocycles. The molecule has 0 saturated heterocycles. The molecule has 2 aromatic rings. The van der Waals surface area contributed by atoms with Crippen molar-refractivity contribution < 1.29 is 0 Å². The molecule has 2 nitrogen and oxygen atoms in total. The average Bonchev–Trinajstić information content (AvgIpc) is 2.52. The Hall–Kier alpha value is -2.24. The topological polar surface area (TPSA) is 29.3 Å². The lowest BCUT2D eigenvalue weighted by Gasteiger charge is -2.23. The van der Waals surface area contributed by atoms with E-state index in [-0.39, 0.29) is 0 Å². The van der Waals surface area contributed by atoms with E-state index in [0.717, 1.165) is 18.7 Å². The molecule has 0 atom stereocenters. The second-order valence-electron chi connectivity index (χ2n) is 4.51. The van der Waals surface area contributed by atoms with Gasteiger partial charge in [-0.3, -0.25) is 0 Å². The quantitative estimate of drug-likeness (QED) is 0.860. The van der Waals surface area contributed by atoms with Crippen LogP contribution in [-0.4, -0.2) is 13.1 Å². The van der Waals surface area contributed by atoms with Gasteiger partial charge in [0.05, 0.1) is 6.54 Å². The maximum Gasteiger partial charge on any atom is 0.0555 e. The summed E-state index contributed by atoms with van der Waals surface area (Å²) in [6.07, 6.45) is 0. The van der Waals surface area contributed by atoms with Gasteiger partial charge in [0.1, 0.15) is 0 Å². The van der Waals surface area contributed by atoms with Gasteiger partial charge in [-0.1, -0.05) is 48.2 Å². The van der Waals surface area contributed by atoms with Gasteiger partial charge in [0.15, 0.2) is 0 Å². The zero-order valence-corrected chi connectivity index (χ0v) is 11.8. The first-order chi connectivity index (χ1) is 9.85. The lowest BCUT2D eigenvalue weighted by atomic mass is 10.1. The van der Waals surface area contributed by atoms with Crippen molar-refractivity contribution in [3.05, 3.63) is 65.7 Å². The molecule has 0 aromatic heterocycles. The van der Waals surface area contributed by atoms with Crippen LogP contribution in [0.5, 0.6) is 0 Å². The number of rotatable bonds is 4. The van der Waals surface area contributed by atoms with E-state index in [2.05, 4.69) is 66.1 Å². The van der Waals surface area contributed by atoms with Crippen LogP contribution in [-0.2, 0) is 6.54 Å². The molecule has 102 valence electrons. The number of nitrogens with two attached hydrogens (primary N) is 1. The highest BCUT2D eigenvalue weighted by molar-refractivity contribution is 5.49. The van der Waals surface area contributed by atoms with Crippen molar-refractivity contribution in [2.24, 2.45) is 5.73 Å². The van der Waals surface area contributed by atoms with E-state index in [4.69, 9.17) is 5.73 Å². The molecule has 20 heavy (non-hydrogen) atoms. The highest BCUT2D eigenvalue weighted by atomic mass is 15.1. The smallest absolute Gasteiger partial charge is 0.0555 e. The zero-order chi connectivity index (χ0) is 14.2. The van der Waals surface area contributed by atoms with E-state index in [1.165, 1.54) is 11.3 Å². The second kappa shape index (κ2) is 7.37. The predicted octanol–water partition coefficient (Wildman–Crippen LogP) is 3.02. The summed E-state index contributed by atoms with van der Waals surface area (Å²) in [4.78, 5) is 2.34. The minimum atomic E-state index is 0.393. The molecule has 0 aliphatic carbocycles. The third kappa shape index (κ3) is 3.63. The molecule has 0 heterocycles. The molecule has 2 heteroatoms. The van der Waals surface area contributed by atoms with Crippen molar-refractivity contribution in [3.63, 3.8) is 0 Å². The predicted molar refractivity (Wildman–Crippen MR) is 85.5 cm³/mol. The molecular weight excluding hydrogens is 244 g/mol. The zero-order valence-electron chi connectivity index (χ0n) is 11.8. The summed E-state index contributed by atoms with van der Waals surface area (Å²) >= 11 is 0. The maximum atomic E-state index is 5.46. The fraction of sp³-hybridized carbons (Fsp3) is 0.222. The average molecular weight is 264 g/mol. The van der Waals surface area contributed by atoms with E-state index in [0.29, 0.717) is 6.54 Å². The van der Waals surface area contributed by atoms with Crippen molar-refractivity contribution in [1.82, 2.24) is 0 Å². The highest BCUT2D eigenvalue weighted by Gasteiger charge is 2.07. The van der Waals surface area contributed by atoms with Crippen LogP contribution in [0, 0.1) is 11.8 Å². The van der Waals surface area contributed by atoms with Crippen LogP contribution in [0.1, 0.15) is 18.1 Å². The van der Waals surface area contributed by atoms with Crippen molar-refractivity contribution in [1.29, 1.82) is 0 Å². The molecule has 0 saturated carbocycles. The Bertz CT molecular complexity index is 594. The van der Waals surface area contributed by atoms with Crippen molar-refractivity contribution in [3.8, 4) is 11.8 Å². The standard InChI is InChI=1S/C18H20N2/c1-2-20(18-12-4-3-5-13-18)15-17-10-7-6-9-16(17)11-8-14-19/h3-7,9-10,12-13H,2,14-15,19H2,1H3. The minimum absolute atomic E-state index is 0.393. The molecule has 0 aliphatic rings. The van der Waals surface area contributed by atoms with E-state index in [9.17, 15) is 0 Å². The number of nitrogens with zero attached hydrogens (tertiary/aromatic N) is 1. The monoisotopic (exact) mass is 264 g/mol. The fourth-order valence-corrected chi connectivity index (χ4v) is 2.16. The Morgan fingerprint density at radius 3 is 2.40 bits per heavy atom. The van der Waals surface area contributed by atoms with Gasteiger partial charge >= 0.3 is 0 Å². The lowest BCUT2D eigenvalue weighted by molar-refractivity contribution is 0.830. The van der Waals surface area contributed by atoms with Gasteiger partial charge in [-0.2, -0.15) is 0 Å². The summed E-state index contributed by atoms with van der Waals surface area (Å²) in [5.74, 6) is 6.09. The second-order valence-corrected chi connectivity index (χ2v) is 4.51. The van der Waals surface area contributed by atoms with Gasteiger partial charge in [-0.15, -0.1) is 0 Å². The van der Waals surface area contributed by atoms with Crippen LogP contribution < -0.4 is 10.6 Å². The first kappa shape index (κ1) is 14.2. The molecule has 2 rings (SSSR count). The number of hydrogen-bond acceptors (Lipinski definition) is 2. The van der Waals surface area contributed by atoms with Crippen LogP contribution in [0.4, 0.5) is 5.69 Å². The molecule has 0 fully saturated rings. The van der Waals surface area contributed by atoms with Crippen molar-refractivity contribution in [2.75, 3.05) is 18.0 Å². The van der Waals surface area contributed by atoms with Crippen LogP contribution in [0.25, 0.3) is 0 Å². The third-order valence-corrected chi connectivity index (χ3v) is 3.21. The first-order valence-corrected chi connectivity index (χ1v) is 6.92. The molecule has 0 aliphatic heterocycles. The van der Waals surface area contributed by atoms with E-state index < -0.39 is 0 Å². The van der Waals surface area contributed by atoms with Crippen LogP contribution in [0.15, 0.2) is 54.6 Å². The Balaban J connectivity index is 2.24. The summed E-state index contributed by atoms with van der Waals surface area (Å²) in [6.45, 7) is 4.38. The molecule has 0 radical (unpaired) electrons. The number of para-hydroxylation sites is 1. The summed E-state index contributed by atoms with van der Waals surface area (Å²) in [5.41, 5.74) is 8.99. The number of benzene rings is 2. The van der Waals surface area contributed by atoms with E-state index >= 15 is 0 Å². The van der Waals surface area contributed by atoms with Crippen LogP contribution >= 0.6 is 0 Å². The number of anilines is 1. The third-order valence-electron chi connectivity index (χ3n) is 3.21. The van der Waals surface area contributed by atoms with Gasteiger partial charge in [0.2, 0.25) is 0 Å². The molecule has 0 unspecified atom stereocenters. The summed E-state index contributed by atoms with van der Waals surface area (Å²) in [7, 11) is 0. The molecular formula is C18H20N2. The Morgan fingerprint density at radius 1 is 1.00 bits per heavy atom. The Kier molecular flexibility index (Phi) is 5.23. The minimum Gasteiger partial charge on any atom is -0.367 e. The van der Waals surface area contributed by atoms with E-state index in [1.807, 2.05) is 12.1 Å². The van der Waals surface area contributed by atoms with Crippen molar-refractivity contribution in [2.45, 2.75) is 13.5 Å². The Morgan fingerprint density at radius 2 is 1.70 bits per heavy atom. The van der Waals surface area contributed by atoms with Crippen LogP contribution in [0.2, 0.25) is 0 Å². The van der Waals surface area contributed by atoms with Gasteiger partial charge in [0.25, 0.3) is 0 Å². The van der Waals surface area contributed by atoms with Crippen LogP contribution in [0.3, 0.4) is 0 Å². The van der Waals surface area contributed by atoms with Gasteiger partial charge in [0, 0.05) is 24.3 Å². The summed E-state index contributed by atoms with van der Waals surface area (Å²) in [5, 5.41) is 0. The van der Waals surface area contributed by atoms with Crippen molar-refractivity contribution >= 4 is 5.69 Å². The summed E-state index contributed by atoms with van der Waals surface area (Å²) < 4.78 is 0. The largest absolute Gasteiger partial charge is 0.367 e. The van der Waals surface area contributed by atoms with Gasteiger partial charge in [-0.05, 0) is 30.7 Å². The lowest BCUT2D eigenvalue weighted by Crippen LogP contribution is -2.22. The molecule has 0 amide bonds. The maximum absolute atomic E-state index is 5.46. The number of hydrogen-bond donors (Lipinski definition) is 1. The fourth-order valence-electron chi connectivity index (χ4n) is 2.16. The van der Waals surface area contributed by atoms with Gasteiger partial charge < -0.3 is 10.6 Å². The first-order valence-electron chi connectivity index (χ1n) is 6.92. The highest BCUT2D eigenvalue weighted by Crippen LogP contribution is 2.18.